The van der Waals surface area contributed by atoms with Crippen molar-refractivity contribution in [2.45, 2.75) is 6.61 Å². The highest BCUT2D eigenvalue weighted by atomic mass is 35.5. The van der Waals surface area contributed by atoms with E-state index in [1.165, 1.54) is 12.1 Å². The molecule has 0 atom stereocenters. The summed E-state index contributed by atoms with van der Waals surface area (Å²) in [4.78, 5) is 16.0. The first-order chi connectivity index (χ1) is 12.1. The fourth-order valence-electron chi connectivity index (χ4n) is 2.05. The van der Waals surface area contributed by atoms with E-state index < -0.39 is 11.8 Å². The Labute approximate surface area is 147 Å². The van der Waals surface area contributed by atoms with E-state index in [0.717, 1.165) is 6.07 Å². The summed E-state index contributed by atoms with van der Waals surface area (Å²) < 4.78 is 28.8. The molecule has 0 N–H and O–H groups in total. The number of nitrogens with zero attached hydrogens (tertiary/aromatic N) is 2. The fourth-order valence-corrected chi connectivity index (χ4v) is 2.21. The molecule has 0 aliphatic carbocycles. The molecule has 0 unspecified atom stereocenters. The van der Waals surface area contributed by atoms with Gasteiger partial charge in [0.15, 0.2) is 6.61 Å². The Balaban J connectivity index is 1.68. The van der Waals surface area contributed by atoms with Crippen LogP contribution in [0.5, 0.6) is 5.75 Å². The smallest absolute Gasteiger partial charge is 0.341 e. The molecule has 8 heteroatoms. The highest BCUT2D eigenvalue weighted by Crippen LogP contribution is 2.21. The molecule has 128 valence electrons. The van der Waals surface area contributed by atoms with Crippen LogP contribution in [0.3, 0.4) is 0 Å². The van der Waals surface area contributed by atoms with Gasteiger partial charge < -0.3 is 14.0 Å². The largest absolute Gasteiger partial charge is 0.497 e. The van der Waals surface area contributed by atoms with Gasteiger partial charge in [-0.2, -0.15) is 4.98 Å². The molecule has 0 aliphatic rings. The molecule has 6 nitrogen and oxygen atoms in total. The van der Waals surface area contributed by atoms with E-state index in [9.17, 15) is 9.18 Å². The van der Waals surface area contributed by atoms with Crippen molar-refractivity contribution in [2.75, 3.05) is 7.11 Å². The second-order valence-electron chi connectivity index (χ2n) is 4.94. The maximum Gasteiger partial charge on any atom is 0.341 e. The molecule has 0 saturated carbocycles. The molecule has 3 rings (SSSR count). The van der Waals surface area contributed by atoms with Gasteiger partial charge in [0.05, 0.1) is 12.7 Å². The number of hydrogen-bond acceptors (Lipinski definition) is 6. The zero-order valence-electron chi connectivity index (χ0n) is 13.0. The van der Waals surface area contributed by atoms with Crippen molar-refractivity contribution in [1.29, 1.82) is 0 Å². The minimum absolute atomic E-state index is 0.0838. The first-order valence-corrected chi connectivity index (χ1v) is 7.54. The number of rotatable bonds is 5. The van der Waals surface area contributed by atoms with E-state index in [4.69, 9.17) is 25.6 Å². The van der Waals surface area contributed by atoms with Gasteiger partial charge in [-0.1, -0.05) is 28.9 Å². The molecule has 0 amide bonds. The lowest BCUT2D eigenvalue weighted by atomic mass is 10.2. The molecule has 3 aromatic rings. The zero-order chi connectivity index (χ0) is 17.8. The summed E-state index contributed by atoms with van der Waals surface area (Å²) in [7, 11) is 1.55. The highest BCUT2D eigenvalue weighted by molar-refractivity contribution is 6.30. The van der Waals surface area contributed by atoms with Gasteiger partial charge in [-0.05, 0) is 30.3 Å². The summed E-state index contributed by atoms with van der Waals surface area (Å²) in [6, 6.07) is 10.8. The number of carbonyl (C=O) groups excluding carboxylic acids is 1. The van der Waals surface area contributed by atoms with E-state index in [0.29, 0.717) is 17.1 Å². The number of aromatic nitrogens is 2. The Kier molecular flexibility index (Phi) is 4.95. The summed E-state index contributed by atoms with van der Waals surface area (Å²) in [6.45, 7) is -0.280. The highest BCUT2D eigenvalue weighted by Gasteiger charge is 2.16. The van der Waals surface area contributed by atoms with E-state index in [2.05, 4.69) is 10.1 Å². The van der Waals surface area contributed by atoms with Crippen LogP contribution in [0.1, 0.15) is 16.2 Å². The maximum absolute atomic E-state index is 13.7. The molecular weight excluding hydrogens is 351 g/mol. The molecule has 1 heterocycles. The lowest BCUT2D eigenvalue weighted by molar-refractivity contribution is 0.0424. The van der Waals surface area contributed by atoms with Gasteiger partial charge in [-0.25, -0.2) is 9.18 Å². The van der Waals surface area contributed by atoms with Crippen molar-refractivity contribution < 1.29 is 23.2 Å². The first-order valence-electron chi connectivity index (χ1n) is 7.16. The number of benzene rings is 2. The third-order valence-electron chi connectivity index (χ3n) is 3.27. The van der Waals surface area contributed by atoms with Crippen LogP contribution in [-0.2, 0) is 11.3 Å². The van der Waals surface area contributed by atoms with Gasteiger partial charge in [0.1, 0.15) is 11.6 Å². The number of methoxy groups -OCH3 is 1. The standard InChI is InChI=1S/C17H12ClFN2O4/c1-23-12-4-2-3-10(7-12)16-20-15(25-21-16)9-24-17(22)13-6-5-11(18)8-14(13)19/h2-8H,9H2,1H3. The van der Waals surface area contributed by atoms with Crippen LogP contribution in [0.15, 0.2) is 47.0 Å². The van der Waals surface area contributed by atoms with Gasteiger partial charge in [0.2, 0.25) is 5.82 Å². The van der Waals surface area contributed by atoms with Crippen molar-refractivity contribution in [3.8, 4) is 17.1 Å². The number of halogens is 2. The molecule has 1 aromatic heterocycles. The quantitative estimate of drug-likeness (QED) is 0.641. The van der Waals surface area contributed by atoms with E-state index >= 15 is 0 Å². The van der Waals surface area contributed by atoms with E-state index in [1.807, 2.05) is 0 Å². The van der Waals surface area contributed by atoms with Crippen LogP contribution in [0.4, 0.5) is 4.39 Å². The normalized spacial score (nSPS) is 10.5. The van der Waals surface area contributed by atoms with Crippen molar-refractivity contribution in [1.82, 2.24) is 10.1 Å². The average Bonchev–Trinajstić information content (AvgIpc) is 3.09. The lowest BCUT2D eigenvalue weighted by Crippen LogP contribution is -2.07. The Hall–Kier alpha value is -2.93. The van der Waals surface area contributed by atoms with Crippen molar-refractivity contribution in [3.05, 3.63) is 64.8 Å². The van der Waals surface area contributed by atoms with E-state index in [-0.39, 0.29) is 23.1 Å². The van der Waals surface area contributed by atoms with Gasteiger partial charge in [0.25, 0.3) is 5.89 Å². The van der Waals surface area contributed by atoms with Crippen LogP contribution in [0.25, 0.3) is 11.4 Å². The van der Waals surface area contributed by atoms with Crippen LogP contribution in [0.2, 0.25) is 5.02 Å². The van der Waals surface area contributed by atoms with Gasteiger partial charge in [-0.15, -0.1) is 0 Å². The summed E-state index contributed by atoms with van der Waals surface area (Å²) in [6.07, 6.45) is 0. The van der Waals surface area contributed by atoms with Gasteiger partial charge in [-0.3, -0.25) is 0 Å². The lowest BCUT2D eigenvalue weighted by Gasteiger charge is -2.03. The predicted molar refractivity (Wildman–Crippen MR) is 86.8 cm³/mol. The molecule has 0 saturated heterocycles. The van der Waals surface area contributed by atoms with Crippen LogP contribution in [0, 0.1) is 5.82 Å². The zero-order valence-corrected chi connectivity index (χ0v) is 13.8. The molecule has 0 aliphatic heterocycles. The molecule has 0 fully saturated rings. The van der Waals surface area contributed by atoms with Crippen molar-refractivity contribution in [2.24, 2.45) is 0 Å². The summed E-state index contributed by atoms with van der Waals surface area (Å²) in [5, 5.41) is 4.01. The van der Waals surface area contributed by atoms with Crippen molar-refractivity contribution >= 4 is 17.6 Å². The monoisotopic (exact) mass is 362 g/mol. The van der Waals surface area contributed by atoms with E-state index in [1.54, 1.807) is 31.4 Å². The van der Waals surface area contributed by atoms with Gasteiger partial charge >= 0.3 is 5.97 Å². The maximum atomic E-state index is 13.7. The number of esters is 1. The molecular formula is C17H12ClFN2O4. The van der Waals surface area contributed by atoms with Gasteiger partial charge in [0, 0.05) is 10.6 Å². The summed E-state index contributed by atoms with van der Waals surface area (Å²) in [5.41, 5.74) is 0.460. The third kappa shape index (κ3) is 3.95. The fraction of sp³-hybridized carbons (Fsp3) is 0.118. The molecule has 0 bridgehead atoms. The molecule has 2 aromatic carbocycles. The Morgan fingerprint density at radius 2 is 2.12 bits per heavy atom. The minimum atomic E-state index is -0.852. The second-order valence-corrected chi connectivity index (χ2v) is 5.38. The molecule has 0 radical (unpaired) electrons. The van der Waals surface area contributed by atoms with Crippen LogP contribution in [-0.4, -0.2) is 23.2 Å². The number of ether oxygens (including phenoxy) is 2. The summed E-state index contributed by atoms with van der Waals surface area (Å²) in [5.74, 6) is -0.563. The Bertz CT molecular complexity index is 913. The summed E-state index contributed by atoms with van der Waals surface area (Å²) >= 11 is 5.64. The van der Waals surface area contributed by atoms with Crippen molar-refractivity contribution in [3.63, 3.8) is 0 Å². The van der Waals surface area contributed by atoms with Crippen LogP contribution < -0.4 is 4.74 Å². The number of hydrogen-bond donors (Lipinski definition) is 0. The SMILES string of the molecule is COc1cccc(-c2noc(COC(=O)c3ccc(Cl)cc3F)n2)c1. The third-order valence-corrected chi connectivity index (χ3v) is 3.51. The minimum Gasteiger partial charge on any atom is -0.497 e. The topological polar surface area (TPSA) is 74.5 Å². The Morgan fingerprint density at radius 3 is 2.88 bits per heavy atom. The van der Waals surface area contributed by atoms with Crippen LogP contribution >= 0.6 is 11.6 Å². The molecule has 25 heavy (non-hydrogen) atoms. The second kappa shape index (κ2) is 7.31. The number of carbonyl (C=O) groups is 1. The predicted octanol–water partition coefficient (Wildman–Crippen LogP) is 3.89. The molecule has 0 spiro atoms. The first kappa shape index (κ1) is 16.9. The average molecular weight is 363 g/mol. The Morgan fingerprint density at radius 1 is 1.28 bits per heavy atom.